The van der Waals surface area contributed by atoms with Crippen LogP contribution in [0.15, 0.2) is 66.7 Å². The van der Waals surface area contributed by atoms with Crippen LogP contribution in [0.4, 0.5) is 0 Å². The van der Waals surface area contributed by atoms with E-state index in [0.717, 1.165) is 10.6 Å². The summed E-state index contributed by atoms with van der Waals surface area (Å²) in [7, 11) is 0. The Labute approximate surface area is 156 Å². The van der Waals surface area contributed by atoms with Gasteiger partial charge in [-0.25, -0.2) is 0 Å². The molecule has 0 fully saturated rings. The number of nitrogens with one attached hydrogen (secondary N) is 1. The van der Waals surface area contributed by atoms with Gasteiger partial charge in [0.2, 0.25) is 5.78 Å². The summed E-state index contributed by atoms with van der Waals surface area (Å²) in [5.41, 5.74) is 1.24. The van der Waals surface area contributed by atoms with Gasteiger partial charge in [0.1, 0.15) is 5.75 Å². The highest BCUT2D eigenvalue weighted by atomic mass is 32.1. The molecule has 0 saturated carbocycles. The van der Waals surface area contributed by atoms with E-state index >= 15 is 0 Å². The highest BCUT2D eigenvalue weighted by Gasteiger charge is 2.12. The lowest BCUT2D eigenvalue weighted by atomic mass is 10.1. The van der Waals surface area contributed by atoms with Gasteiger partial charge in [-0.3, -0.25) is 9.59 Å². The number of carbonyl (C=O) groups excluding carboxylic acids is 2. The zero-order valence-corrected chi connectivity index (χ0v) is 15.2. The van der Waals surface area contributed by atoms with Crippen LogP contribution in [0.25, 0.3) is 0 Å². The van der Waals surface area contributed by atoms with E-state index in [0.29, 0.717) is 29.2 Å². The van der Waals surface area contributed by atoms with Gasteiger partial charge in [-0.2, -0.15) is 0 Å². The predicted octanol–water partition coefficient (Wildman–Crippen LogP) is 4.31. The number of ketones is 1. The van der Waals surface area contributed by atoms with Crippen molar-refractivity contribution in [3.05, 3.63) is 87.6 Å². The zero-order chi connectivity index (χ0) is 18.4. The summed E-state index contributed by atoms with van der Waals surface area (Å²) in [6.07, 6.45) is 0. The van der Waals surface area contributed by atoms with Gasteiger partial charge >= 0.3 is 0 Å². The molecule has 0 radical (unpaired) electrons. The molecule has 1 heterocycles. The zero-order valence-electron chi connectivity index (χ0n) is 14.4. The molecule has 0 unspecified atom stereocenters. The Morgan fingerprint density at radius 2 is 1.65 bits per heavy atom. The van der Waals surface area contributed by atoms with Gasteiger partial charge in [0.05, 0.1) is 18.0 Å². The first kappa shape index (κ1) is 17.9. The van der Waals surface area contributed by atoms with Gasteiger partial charge in [-0.15, -0.1) is 11.3 Å². The minimum absolute atomic E-state index is 0.000288. The van der Waals surface area contributed by atoms with Gasteiger partial charge in [0, 0.05) is 16.0 Å². The standard InChI is InChI=1S/C21H19NO3S/c1-2-25-17-10-8-16(9-11-17)21(24)22-14-18-12-13-19(26-18)20(23)15-6-4-3-5-7-15/h3-13H,2,14H2,1H3,(H,22,24). The summed E-state index contributed by atoms with van der Waals surface area (Å²) in [6.45, 7) is 2.89. The summed E-state index contributed by atoms with van der Waals surface area (Å²) in [5.74, 6) is 0.587. The fraction of sp³-hybridized carbons (Fsp3) is 0.143. The molecule has 0 aliphatic heterocycles. The second kappa shape index (κ2) is 8.45. The van der Waals surface area contributed by atoms with Crippen molar-refractivity contribution in [2.24, 2.45) is 0 Å². The van der Waals surface area contributed by atoms with Crippen LogP contribution in [0.2, 0.25) is 0 Å². The van der Waals surface area contributed by atoms with Crippen LogP contribution in [0.3, 0.4) is 0 Å². The highest BCUT2D eigenvalue weighted by molar-refractivity contribution is 7.14. The maximum Gasteiger partial charge on any atom is 0.251 e. The average molecular weight is 365 g/mol. The monoisotopic (exact) mass is 365 g/mol. The van der Waals surface area contributed by atoms with E-state index in [2.05, 4.69) is 5.32 Å². The molecule has 1 aromatic heterocycles. The molecule has 4 nitrogen and oxygen atoms in total. The number of amides is 1. The predicted molar refractivity (Wildman–Crippen MR) is 103 cm³/mol. The van der Waals surface area contributed by atoms with E-state index in [1.165, 1.54) is 11.3 Å². The summed E-state index contributed by atoms with van der Waals surface area (Å²) in [6, 6.07) is 19.9. The Morgan fingerprint density at radius 3 is 2.35 bits per heavy atom. The van der Waals surface area contributed by atoms with Crippen LogP contribution < -0.4 is 10.1 Å². The van der Waals surface area contributed by atoms with E-state index in [1.54, 1.807) is 42.5 Å². The lowest BCUT2D eigenvalue weighted by Crippen LogP contribution is -2.22. The Balaban J connectivity index is 1.59. The van der Waals surface area contributed by atoms with E-state index in [9.17, 15) is 9.59 Å². The van der Waals surface area contributed by atoms with Crippen molar-refractivity contribution in [2.75, 3.05) is 6.61 Å². The topological polar surface area (TPSA) is 55.4 Å². The van der Waals surface area contributed by atoms with Crippen LogP contribution in [-0.4, -0.2) is 18.3 Å². The number of hydrogen-bond acceptors (Lipinski definition) is 4. The van der Waals surface area contributed by atoms with Crippen LogP contribution in [0.1, 0.15) is 37.4 Å². The van der Waals surface area contributed by atoms with Crippen LogP contribution in [-0.2, 0) is 6.54 Å². The maximum absolute atomic E-state index is 12.4. The van der Waals surface area contributed by atoms with Gasteiger partial charge in [-0.05, 0) is 43.3 Å². The lowest BCUT2D eigenvalue weighted by Gasteiger charge is -2.06. The molecule has 26 heavy (non-hydrogen) atoms. The fourth-order valence-corrected chi connectivity index (χ4v) is 3.37. The summed E-state index contributed by atoms with van der Waals surface area (Å²) >= 11 is 1.40. The van der Waals surface area contributed by atoms with Crippen molar-refractivity contribution in [2.45, 2.75) is 13.5 Å². The van der Waals surface area contributed by atoms with Crippen LogP contribution in [0.5, 0.6) is 5.75 Å². The van der Waals surface area contributed by atoms with E-state index in [4.69, 9.17) is 4.74 Å². The number of benzene rings is 2. The second-order valence-corrected chi connectivity index (χ2v) is 6.77. The Morgan fingerprint density at radius 1 is 0.923 bits per heavy atom. The van der Waals surface area contributed by atoms with Crippen molar-refractivity contribution < 1.29 is 14.3 Å². The maximum atomic E-state index is 12.4. The minimum Gasteiger partial charge on any atom is -0.494 e. The fourth-order valence-electron chi connectivity index (χ4n) is 2.47. The molecule has 0 saturated heterocycles. The third kappa shape index (κ3) is 4.37. The molecule has 1 amide bonds. The van der Waals surface area contributed by atoms with Crippen molar-refractivity contribution >= 4 is 23.0 Å². The van der Waals surface area contributed by atoms with Gasteiger partial charge in [0.15, 0.2) is 0 Å². The number of hydrogen-bond donors (Lipinski definition) is 1. The molecule has 3 rings (SSSR count). The molecule has 1 N–H and O–H groups in total. The highest BCUT2D eigenvalue weighted by Crippen LogP contribution is 2.20. The molecule has 3 aromatic rings. The van der Waals surface area contributed by atoms with Crippen LogP contribution >= 0.6 is 11.3 Å². The summed E-state index contributed by atoms with van der Waals surface area (Å²) < 4.78 is 5.37. The van der Waals surface area contributed by atoms with Crippen molar-refractivity contribution in [1.29, 1.82) is 0 Å². The van der Waals surface area contributed by atoms with Gasteiger partial charge < -0.3 is 10.1 Å². The molecular formula is C21H19NO3S. The smallest absolute Gasteiger partial charge is 0.251 e. The number of thiophene rings is 1. The largest absolute Gasteiger partial charge is 0.494 e. The molecule has 0 bridgehead atoms. The van der Waals surface area contributed by atoms with Crippen LogP contribution in [0, 0.1) is 0 Å². The first-order valence-corrected chi connectivity index (χ1v) is 9.18. The molecule has 132 valence electrons. The number of carbonyl (C=O) groups is 2. The normalized spacial score (nSPS) is 10.3. The summed E-state index contributed by atoms with van der Waals surface area (Å²) in [4.78, 5) is 26.3. The van der Waals surface area contributed by atoms with Crippen molar-refractivity contribution in [3.63, 3.8) is 0 Å². The van der Waals surface area contributed by atoms with Crippen molar-refractivity contribution in [3.8, 4) is 5.75 Å². The first-order valence-electron chi connectivity index (χ1n) is 8.37. The summed E-state index contributed by atoms with van der Waals surface area (Å²) in [5, 5.41) is 2.88. The van der Waals surface area contributed by atoms with Crippen molar-refractivity contribution in [1.82, 2.24) is 5.32 Å². The Bertz CT molecular complexity index is 885. The van der Waals surface area contributed by atoms with E-state index in [1.807, 2.05) is 31.2 Å². The number of rotatable bonds is 7. The van der Waals surface area contributed by atoms with Gasteiger partial charge in [-0.1, -0.05) is 30.3 Å². The average Bonchev–Trinajstić information content (AvgIpc) is 3.16. The molecule has 0 aliphatic rings. The first-order chi connectivity index (χ1) is 12.7. The second-order valence-electron chi connectivity index (χ2n) is 5.60. The molecule has 0 atom stereocenters. The SMILES string of the molecule is CCOc1ccc(C(=O)NCc2ccc(C(=O)c3ccccc3)s2)cc1. The Hall–Kier alpha value is -2.92. The molecule has 2 aromatic carbocycles. The number of ether oxygens (including phenoxy) is 1. The molecule has 0 spiro atoms. The van der Waals surface area contributed by atoms with E-state index in [-0.39, 0.29) is 11.7 Å². The lowest BCUT2D eigenvalue weighted by molar-refractivity contribution is 0.0950. The molecule has 0 aliphatic carbocycles. The van der Waals surface area contributed by atoms with Gasteiger partial charge in [0.25, 0.3) is 5.91 Å². The third-order valence-electron chi connectivity index (χ3n) is 3.77. The van der Waals surface area contributed by atoms with E-state index < -0.39 is 0 Å². The third-order valence-corrected chi connectivity index (χ3v) is 4.86. The molecular weight excluding hydrogens is 346 g/mol. The quantitative estimate of drug-likeness (QED) is 0.635. The Kier molecular flexibility index (Phi) is 5.81. The minimum atomic E-state index is -0.155. The molecule has 5 heteroatoms.